The van der Waals surface area contributed by atoms with Crippen LogP contribution in [0.25, 0.3) is 0 Å². The van der Waals surface area contributed by atoms with E-state index in [-0.39, 0.29) is 23.3 Å². The number of aromatic nitrogens is 1. The number of ether oxygens (including phenoxy) is 2. The highest BCUT2D eigenvalue weighted by Gasteiger charge is 2.17. The first kappa shape index (κ1) is 22.6. The second-order valence-corrected chi connectivity index (χ2v) is 9.99. The van der Waals surface area contributed by atoms with E-state index in [4.69, 9.17) is 9.47 Å². The summed E-state index contributed by atoms with van der Waals surface area (Å²) >= 11 is 1.13. The standard InChI is InChI=1S/C22H19N3O6S2/c1-33(28,29)16-7-4-14(5-8-16)25-21(27)17-3-2-10-23-22(17)32-12-20(26)24-15-6-9-18-19(11-15)31-13-30-18/h2-11H,12-13H2,1H3,(H,24,26)(H,25,27). The number of nitrogens with one attached hydrogen (secondary N) is 2. The van der Waals surface area contributed by atoms with Crippen LogP contribution in [0, 0.1) is 0 Å². The summed E-state index contributed by atoms with van der Waals surface area (Å²) in [6, 6.07) is 14.2. The molecule has 2 aromatic carbocycles. The number of anilines is 2. The lowest BCUT2D eigenvalue weighted by atomic mass is 10.2. The number of carbonyl (C=O) groups excluding carboxylic acids is 2. The zero-order valence-corrected chi connectivity index (χ0v) is 19.0. The van der Waals surface area contributed by atoms with E-state index in [0.29, 0.717) is 33.5 Å². The molecule has 0 saturated carbocycles. The predicted molar refractivity (Wildman–Crippen MR) is 124 cm³/mol. The third-order valence-electron chi connectivity index (χ3n) is 4.55. The minimum Gasteiger partial charge on any atom is -0.454 e. The third kappa shape index (κ3) is 5.62. The molecule has 2 amide bonds. The highest BCUT2D eigenvalue weighted by atomic mass is 32.2. The molecule has 0 radical (unpaired) electrons. The van der Waals surface area contributed by atoms with Crippen molar-refractivity contribution >= 4 is 44.8 Å². The summed E-state index contributed by atoms with van der Waals surface area (Å²) in [5.74, 6) is 0.529. The van der Waals surface area contributed by atoms with Crippen molar-refractivity contribution in [2.75, 3.05) is 29.4 Å². The fourth-order valence-electron chi connectivity index (χ4n) is 2.97. The Balaban J connectivity index is 1.38. The molecule has 2 N–H and O–H groups in total. The first-order chi connectivity index (χ1) is 15.8. The molecule has 0 spiro atoms. The van der Waals surface area contributed by atoms with Crippen molar-refractivity contribution in [3.05, 3.63) is 66.4 Å². The van der Waals surface area contributed by atoms with Crippen molar-refractivity contribution in [3.63, 3.8) is 0 Å². The van der Waals surface area contributed by atoms with E-state index in [0.717, 1.165) is 18.0 Å². The molecule has 9 nitrogen and oxygen atoms in total. The Bertz CT molecular complexity index is 1310. The monoisotopic (exact) mass is 485 g/mol. The highest BCUT2D eigenvalue weighted by Crippen LogP contribution is 2.34. The van der Waals surface area contributed by atoms with E-state index in [1.54, 1.807) is 30.3 Å². The van der Waals surface area contributed by atoms with E-state index < -0.39 is 15.7 Å². The Labute approximate surface area is 194 Å². The molecule has 1 aromatic heterocycles. The fourth-order valence-corrected chi connectivity index (χ4v) is 4.39. The minimum atomic E-state index is -3.33. The molecule has 33 heavy (non-hydrogen) atoms. The van der Waals surface area contributed by atoms with Gasteiger partial charge in [-0.1, -0.05) is 11.8 Å². The average molecular weight is 486 g/mol. The molecule has 0 unspecified atom stereocenters. The molecule has 11 heteroatoms. The number of hydrogen-bond acceptors (Lipinski definition) is 8. The number of amides is 2. The Morgan fingerprint density at radius 3 is 2.48 bits per heavy atom. The van der Waals surface area contributed by atoms with Gasteiger partial charge in [0, 0.05) is 29.9 Å². The highest BCUT2D eigenvalue weighted by molar-refractivity contribution is 8.00. The maximum atomic E-state index is 12.8. The topological polar surface area (TPSA) is 124 Å². The van der Waals surface area contributed by atoms with Crippen LogP contribution in [0.5, 0.6) is 11.5 Å². The van der Waals surface area contributed by atoms with Crippen LogP contribution in [0.15, 0.2) is 70.7 Å². The number of pyridine rings is 1. The molecule has 170 valence electrons. The Hall–Kier alpha value is -3.57. The normalized spacial score (nSPS) is 12.3. The van der Waals surface area contributed by atoms with Crippen LogP contribution in [0.4, 0.5) is 11.4 Å². The number of thioether (sulfide) groups is 1. The minimum absolute atomic E-state index is 0.0365. The molecule has 2 heterocycles. The maximum absolute atomic E-state index is 12.8. The van der Waals surface area contributed by atoms with Crippen molar-refractivity contribution in [1.82, 2.24) is 4.98 Å². The van der Waals surface area contributed by atoms with Crippen LogP contribution in [-0.4, -0.2) is 44.0 Å². The summed E-state index contributed by atoms with van der Waals surface area (Å²) in [6.07, 6.45) is 2.65. The largest absolute Gasteiger partial charge is 0.454 e. The fraction of sp³-hybridized carbons (Fsp3) is 0.136. The van der Waals surface area contributed by atoms with Gasteiger partial charge in [0.1, 0.15) is 5.03 Å². The van der Waals surface area contributed by atoms with E-state index in [1.165, 1.54) is 30.5 Å². The summed E-state index contributed by atoms with van der Waals surface area (Å²) in [4.78, 5) is 29.5. The second-order valence-electron chi connectivity index (χ2n) is 7.01. The van der Waals surface area contributed by atoms with Crippen molar-refractivity contribution < 1.29 is 27.5 Å². The molecule has 0 saturated heterocycles. The van der Waals surface area contributed by atoms with Crippen molar-refractivity contribution in [2.45, 2.75) is 9.92 Å². The zero-order chi connectivity index (χ0) is 23.4. The SMILES string of the molecule is CS(=O)(=O)c1ccc(NC(=O)c2cccnc2SCC(=O)Nc2ccc3c(c2)OCO3)cc1. The molecule has 1 aliphatic rings. The Morgan fingerprint density at radius 1 is 1.00 bits per heavy atom. The molecular weight excluding hydrogens is 466 g/mol. The van der Waals surface area contributed by atoms with Gasteiger partial charge in [0.05, 0.1) is 16.2 Å². The van der Waals surface area contributed by atoms with Crippen LogP contribution in [-0.2, 0) is 14.6 Å². The van der Waals surface area contributed by atoms with Gasteiger partial charge in [0.15, 0.2) is 21.3 Å². The van der Waals surface area contributed by atoms with Gasteiger partial charge in [-0.2, -0.15) is 0 Å². The number of sulfone groups is 1. The number of carbonyl (C=O) groups is 2. The average Bonchev–Trinajstić information content (AvgIpc) is 3.25. The molecular formula is C22H19N3O6S2. The number of benzene rings is 2. The van der Waals surface area contributed by atoms with Crippen molar-refractivity contribution in [2.24, 2.45) is 0 Å². The molecule has 4 rings (SSSR count). The summed E-state index contributed by atoms with van der Waals surface area (Å²) < 4.78 is 33.7. The van der Waals surface area contributed by atoms with E-state index in [2.05, 4.69) is 15.6 Å². The first-order valence-corrected chi connectivity index (χ1v) is 12.6. The number of hydrogen-bond donors (Lipinski definition) is 2. The predicted octanol–water partition coefficient (Wildman–Crippen LogP) is 3.20. The molecule has 3 aromatic rings. The van der Waals surface area contributed by atoms with E-state index >= 15 is 0 Å². The molecule has 0 fully saturated rings. The molecule has 0 bridgehead atoms. The zero-order valence-electron chi connectivity index (χ0n) is 17.4. The van der Waals surface area contributed by atoms with E-state index in [9.17, 15) is 18.0 Å². The Kier molecular flexibility index (Phi) is 6.52. The summed E-state index contributed by atoms with van der Waals surface area (Å²) in [6.45, 7) is 0.148. The lowest BCUT2D eigenvalue weighted by Gasteiger charge is -2.10. The van der Waals surface area contributed by atoms with Gasteiger partial charge in [-0.05, 0) is 48.5 Å². The van der Waals surface area contributed by atoms with Gasteiger partial charge in [-0.25, -0.2) is 13.4 Å². The van der Waals surface area contributed by atoms with E-state index in [1.807, 2.05) is 0 Å². The van der Waals surface area contributed by atoms with Gasteiger partial charge in [-0.15, -0.1) is 0 Å². The van der Waals surface area contributed by atoms with Crippen LogP contribution in [0.2, 0.25) is 0 Å². The van der Waals surface area contributed by atoms with Gasteiger partial charge in [0.25, 0.3) is 5.91 Å². The summed E-state index contributed by atoms with van der Waals surface area (Å²) in [7, 11) is -3.33. The third-order valence-corrected chi connectivity index (χ3v) is 6.69. The lowest BCUT2D eigenvalue weighted by molar-refractivity contribution is -0.113. The Morgan fingerprint density at radius 2 is 1.73 bits per heavy atom. The number of fused-ring (bicyclic) bond motifs is 1. The lowest BCUT2D eigenvalue weighted by Crippen LogP contribution is -2.16. The van der Waals surface area contributed by atoms with Crippen LogP contribution >= 0.6 is 11.8 Å². The smallest absolute Gasteiger partial charge is 0.258 e. The van der Waals surface area contributed by atoms with Crippen LogP contribution in [0.1, 0.15) is 10.4 Å². The van der Waals surface area contributed by atoms with Gasteiger partial charge in [-0.3, -0.25) is 9.59 Å². The molecule has 0 atom stereocenters. The van der Waals surface area contributed by atoms with Crippen molar-refractivity contribution in [1.29, 1.82) is 0 Å². The van der Waals surface area contributed by atoms with Gasteiger partial charge < -0.3 is 20.1 Å². The van der Waals surface area contributed by atoms with Crippen LogP contribution in [0.3, 0.4) is 0 Å². The summed E-state index contributed by atoms with van der Waals surface area (Å²) in [5, 5.41) is 5.88. The van der Waals surface area contributed by atoms with Gasteiger partial charge in [0.2, 0.25) is 12.7 Å². The van der Waals surface area contributed by atoms with Gasteiger partial charge >= 0.3 is 0 Å². The summed E-state index contributed by atoms with van der Waals surface area (Å²) in [5.41, 5.74) is 1.31. The first-order valence-electron chi connectivity index (χ1n) is 9.68. The molecule has 0 aliphatic carbocycles. The maximum Gasteiger partial charge on any atom is 0.258 e. The van der Waals surface area contributed by atoms with Crippen molar-refractivity contribution in [3.8, 4) is 11.5 Å². The quantitative estimate of drug-likeness (QED) is 0.489. The van der Waals surface area contributed by atoms with Crippen LogP contribution < -0.4 is 20.1 Å². The molecule has 1 aliphatic heterocycles. The second kappa shape index (κ2) is 9.51. The number of nitrogens with zero attached hydrogens (tertiary/aromatic N) is 1. The number of rotatable bonds is 7.